The third-order valence-corrected chi connectivity index (χ3v) is 3.55. The Morgan fingerprint density at radius 2 is 1.82 bits per heavy atom. The number of ether oxygens (including phenoxy) is 1. The van der Waals surface area contributed by atoms with E-state index in [4.69, 9.17) is 4.74 Å². The summed E-state index contributed by atoms with van der Waals surface area (Å²) in [6.45, 7) is 0.842. The Labute approximate surface area is 129 Å². The van der Waals surface area contributed by atoms with Crippen LogP contribution in [0.25, 0.3) is 10.9 Å². The van der Waals surface area contributed by atoms with Gasteiger partial charge in [0.25, 0.3) is 0 Å². The first-order valence-corrected chi connectivity index (χ1v) is 7.32. The molecule has 1 amide bonds. The summed E-state index contributed by atoms with van der Waals surface area (Å²) in [5.41, 5.74) is 3.29. The number of para-hydroxylation sites is 1. The zero-order valence-corrected chi connectivity index (χ0v) is 12.2. The fourth-order valence-corrected chi connectivity index (χ4v) is 2.41. The third kappa shape index (κ3) is 3.47. The molecule has 0 saturated heterocycles. The van der Waals surface area contributed by atoms with Crippen molar-refractivity contribution in [2.75, 3.05) is 6.54 Å². The molecule has 0 spiro atoms. The summed E-state index contributed by atoms with van der Waals surface area (Å²) in [6, 6.07) is 17.8. The second-order valence-corrected chi connectivity index (χ2v) is 5.10. The number of H-pyrrole nitrogens is 1. The summed E-state index contributed by atoms with van der Waals surface area (Å²) < 4.78 is 5.18. The first-order valence-electron chi connectivity index (χ1n) is 7.32. The number of rotatable bonds is 5. The minimum atomic E-state index is -0.385. The average molecular weight is 294 g/mol. The van der Waals surface area contributed by atoms with Crippen LogP contribution in [0.5, 0.6) is 0 Å². The molecule has 3 aromatic rings. The highest BCUT2D eigenvalue weighted by Crippen LogP contribution is 2.17. The van der Waals surface area contributed by atoms with Crippen LogP contribution in [-0.2, 0) is 17.8 Å². The van der Waals surface area contributed by atoms with Crippen LogP contribution in [0.15, 0.2) is 60.8 Å². The molecular formula is C18H18N2O2. The highest BCUT2D eigenvalue weighted by Gasteiger charge is 2.05. The first kappa shape index (κ1) is 14.2. The number of aromatic amines is 1. The second-order valence-electron chi connectivity index (χ2n) is 5.10. The van der Waals surface area contributed by atoms with Gasteiger partial charge in [-0.05, 0) is 23.6 Å². The van der Waals surface area contributed by atoms with Crippen LogP contribution in [0.2, 0.25) is 0 Å². The zero-order chi connectivity index (χ0) is 15.2. The van der Waals surface area contributed by atoms with Crippen LogP contribution in [0.1, 0.15) is 11.1 Å². The van der Waals surface area contributed by atoms with E-state index in [0.717, 1.165) is 17.5 Å². The molecule has 112 valence electrons. The van der Waals surface area contributed by atoms with Crippen LogP contribution in [-0.4, -0.2) is 17.6 Å². The topological polar surface area (TPSA) is 54.1 Å². The molecule has 0 bridgehead atoms. The SMILES string of the molecule is O=C(NCCc1c[nH]c2ccccc12)OCc1ccccc1. The summed E-state index contributed by atoms with van der Waals surface area (Å²) in [5, 5.41) is 3.98. The van der Waals surface area contributed by atoms with Crippen LogP contribution < -0.4 is 5.32 Å². The predicted molar refractivity (Wildman–Crippen MR) is 86.6 cm³/mol. The lowest BCUT2D eigenvalue weighted by Crippen LogP contribution is -2.26. The molecule has 1 heterocycles. The van der Waals surface area contributed by atoms with E-state index in [-0.39, 0.29) is 6.09 Å². The number of amides is 1. The van der Waals surface area contributed by atoms with Crippen molar-refractivity contribution in [1.82, 2.24) is 10.3 Å². The molecular weight excluding hydrogens is 276 g/mol. The number of carbonyl (C=O) groups is 1. The number of fused-ring (bicyclic) bond motifs is 1. The highest BCUT2D eigenvalue weighted by molar-refractivity contribution is 5.83. The molecule has 0 radical (unpaired) electrons. The maximum atomic E-state index is 11.7. The van der Waals surface area contributed by atoms with Crippen molar-refractivity contribution >= 4 is 17.0 Å². The number of hydrogen-bond donors (Lipinski definition) is 2. The fourth-order valence-electron chi connectivity index (χ4n) is 2.41. The van der Waals surface area contributed by atoms with E-state index in [2.05, 4.69) is 16.4 Å². The normalized spacial score (nSPS) is 10.5. The fraction of sp³-hybridized carbons (Fsp3) is 0.167. The Balaban J connectivity index is 1.45. The van der Waals surface area contributed by atoms with E-state index in [0.29, 0.717) is 13.2 Å². The van der Waals surface area contributed by atoms with Gasteiger partial charge >= 0.3 is 6.09 Å². The Kier molecular flexibility index (Phi) is 4.39. The van der Waals surface area contributed by atoms with E-state index >= 15 is 0 Å². The molecule has 1 aromatic heterocycles. The molecule has 22 heavy (non-hydrogen) atoms. The van der Waals surface area contributed by atoms with Crippen molar-refractivity contribution in [3.8, 4) is 0 Å². The Morgan fingerprint density at radius 1 is 1.05 bits per heavy atom. The van der Waals surface area contributed by atoms with E-state index < -0.39 is 0 Å². The molecule has 0 unspecified atom stereocenters. The number of nitrogens with one attached hydrogen (secondary N) is 2. The predicted octanol–water partition coefficient (Wildman–Crippen LogP) is 3.64. The van der Waals surface area contributed by atoms with Gasteiger partial charge < -0.3 is 15.0 Å². The number of carbonyl (C=O) groups excluding carboxylic acids is 1. The van der Waals surface area contributed by atoms with E-state index in [9.17, 15) is 4.79 Å². The van der Waals surface area contributed by atoms with Gasteiger partial charge in [-0.25, -0.2) is 4.79 Å². The summed E-state index contributed by atoms with van der Waals surface area (Å²) >= 11 is 0. The maximum Gasteiger partial charge on any atom is 0.407 e. The Hall–Kier alpha value is -2.75. The highest BCUT2D eigenvalue weighted by atomic mass is 16.5. The summed E-state index contributed by atoms with van der Waals surface area (Å²) in [7, 11) is 0. The molecule has 2 aromatic carbocycles. The van der Waals surface area contributed by atoms with Crippen LogP contribution in [0.3, 0.4) is 0 Å². The summed E-state index contributed by atoms with van der Waals surface area (Å²) in [6.07, 6.45) is 2.37. The van der Waals surface area contributed by atoms with Crippen molar-refractivity contribution in [1.29, 1.82) is 0 Å². The van der Waals surface area contributed by atoms with E-state index in [1.165, 1.54) is 10.9 Å². The van der Waals surface area contributed by atoms with Gasteiger partial charge in [0, 0.05) is 23.6 Å². The molecule has 0 atom stereocenters. The molecule has 0 aliphatic rings. The molecule has 0 aliphatic carbocycles. The quantitative estimate of drug-likeness (QED) is 0.755. The van der Waals surface area contributed by atoms with Gasteiger partial charge in [-0.1, -0.05) is 48.5 Å². The lowest BCUT2D eigenvalue weighted by molar-refractivity contribution is 0.140. The molecule has 4 heteroatoms. The standard InChI is InChI=1S/C18H18N2O2/c21-18(22-13-14-6-2-1-3-7-14)19-11-10-15-12-20-17-9-5-4-8-16(15)17/h1-9,12,20H,10-11,13H2,(H,19,21). The van der Waals surface area contributed by atoms with Gasteiger partial charge in [0.2, 0.25) is 0 Å². The molecule has 3 rings (SSSR count). The summed E-state index contributed by atoms with van der Waals surface area (Å²) in [5.74, 6) is 0. The van der Waals surface area contributed by atoms with Crippen LogP contribution in [0, 0.1) is 0 Å². The molecule has 2 N–H and O–H groups in total. The number of benzene rings is 2. The van der Waals surface area contributed by atoms with Gasteiger partial charge in [0.15, 0.2) is 0 Å². The first-order chi connectivity index (χ1) is 10.8. The van der Waals surface area contributed by atoms with Crippen molar-refractivity contribution in [3.63, 3.8) is 0 Å². The Morgan fingerprint density at radius 3 is 2.68 bits per heavy atom. The van der Waals surface area contributed by atoms with Gasteiger partial charge in [-0.2, -0.15) is 0 Å². The molecule has 0 saturated carbocycles. The molecule has 0 aliphatic heterocycles. The monoisotopic (exact) mass is 294 g/mol. The summed E-state index contributed by atoms with van der Waals surface area (Å²) in [4.78, 5) is 14.9. The van der Waals surface area contributed by atoms with Crippen LogP contribution >= 0.6 is 0 Å². The maximum absolute atomic E-state index is 11.7. The van der Waals surface area contributed by atoms with Gasteiger partial charge in [-0.3, -0.25) is 0 Å². The minimum absolute atomic E-state index is 0.291. The van der Waals surface area contributed by atoms with Gasteiger partial charge in [-0.15, -0.1) is 0 Å². The Bertz CT molecular complexity index is 750. The van der Waals surface area contributed by atoms with Gasteiger partial charge in [0.05, 0.1) is 0 Å². The average Bonchev–Trinajstić information content (AvgIpc) is 2.97. The molecule has 0 fully saturated rings. The lowest BCUT2D eigenvalue weighted by Gasteiger charge is -2.06. The second kappa shape index (κ2) is 6.80. The van der Waals surface area contributed by atoms with Crippen molar-refractivity contribution in [2.45, 2.75) is 13.0 Å². The minimum Gasteiger partial charge on any atom is -0.445 e. The van der Waals surface area contributed by atoms with Crippen molar-refractivity contribution in [3.05, 3.63) is 71.9 Å². The number of aromatic nitrogens is 1. The molecule has 4 nitrogen and oxygen atoms in total. The van der Waals surface area contributed by atoms with Gasteiger partial charge in [0.1, 0.15) is 6.61 Å². The lowest BCUT2D eigenvalue weighted by atomic mass is 10.1. The number of alkyl carbamates (subject to hydrolysis) is 1. The zero-order valence-electron chi connectivity index (χ0n) is 12.2. The number of hydrogen-bond acceptors (Lipinski definition) is 2. The van der Waals surface area contributed by atoms with E-state index in [1.807, 2.05) is 54.7 Å². The third-order valence-electron chi connectivity index (χ3n) is 3.55. The van der Waals surface area contributed by atoms with Crippen LogP contribution in [0.4, 0.5) is 4.79 Å². The van der Waals surface area contributed by atoms with Crippen molar-refractivity contribution in [2.24, 2.45) is 0 Å². The van der Waals surface area contributed by atoms with E-state index in [1.54, 1.807) is 0 Å². The smallest absolute Gasteiger partial charge is 0.407 e. The van der Waals surface area contributed by atoms with Crippen molar-refractivity contribution < 1.29 is 9.53 Å². The largest absolute Gasteiger partial charge is 0.445 e.